The van der Waals surface area contributed by atoms with Crippen molar-refractivity contribution in [2.45, 2.75) is 32.7 Å². The molecule has 1 aliphatic heterocycles. The Balaban J connectivity index is 2.11. The lowest BCUT2D eigenvalue weighted by molar-refractivity contribution is -0.384. The number of rotatable bonds is 6. The van der Waals surface area contributed by atoms with Gasteiger partial charge in [0, 0.05) is 37.1 Å². The molecule has 116 valence electrons. The van der Waals surface area contributed by atoms with E-state index in [-0.39, 0.29) is 11.7 Å². The highest BCUT2D eigenvalue weighted by molar-refractivity contribution is 5.56. The summed E-state index contributed by atoms with van der Waals surface area (Å²) in [6, 6.07) is 5.06. The van der Waals surface area contributed by atoms with Crippen LogP contribution in [0.5, 0.6) is 5.75 Å². The van der Waals surface area contributed by atoms with Crippen molar-refractivity contribution < 1.29 is 14.4 Å². The van der Waals surface area contributed by atoms with Crippen LogP contribution in [0, 0.1) is 16.0 Å². The quantitative estimate of drug-likeness (QED) is 0.644. The van der Waals surface area contributed by atoms with Gasteiger partial charge in [0.2, 0.25) is 0 Å². The zero-order valence-electron chi connectivity index (χ0n) is 12.5. The highest BCUT2D eigenvalue weighted by Gasteiger charge is 2.21. The Hall–Kier alpha value is -1.82. The molecule has 1 heterocycles. The van der Waals surface area contributed by atoms with Gasteiger partial charge >= 0.3 is 0 Å². The number of ether oxygens (including phenoxy) is 2. The Morgan fingerprint density at radius 3 is 2.76 bits per heavy atom. The average Bonchev–Trinajstić information content (AvgIpc) is 2.48. The predicted molar refractivity (Wildman–Crippen MR) is 80.9 cm³/mol. The molecule has 1 aliphatic rings. The van der Waals surface area contributed by atoms with Gasteiger partial charge in [0.25, 0.3) is 5.69 Å². The fourth-order valence-electron chi connectivity index (χ4n) is 2.62. The third kappa shape index (κ3) is 4.32. The van der Waals surface area contributed by atoms with Gasteiger partial charge < -0.3 is 14.8 Å². The maximum absolute atomic E-state index is 11.0. The Bertz CT molecular complexity index is 487. The van der Waals surface area contributed by atoms with Crippen LogP contribution in [-0.4, -0.2) is 30.8 Å². The first-order valence-electron chi connectivity index (χ1n) is 7.36. The predicted octanol–water partition coefficient (Wildman–Crippen LogP) is 3.22. The molecule has 2 rings (SSSR count). The van der Waals surface area contributed by atoms with Gasteiger partial charge in [-0.05, 0) is 32.6 Å². The highest BCUT2D eigenvalue weighted by atomic mass is 16.6. The average molecular weight is 294 g/mol. The van der Waals surface area contributed by atoms with Gasteiger partial charge in [0.05, 0.1) is 17.6 Å². The fourth-order valence-corrected chi connectivity index (χ4v) is 2.62. The van der Waals surface area contributed by atoms with E-state index in [1.54, 1.807) is 6.07 Å². The van der Waals surface area contributed by atoms with Gasteiger partial charge in [-0.25, -0.2) is 0 Å². The van der Waals surface area contributed by atoms with Crippen LogP contribution in [0.4, 0.5) is 11.4 Å². The van der Waals surface area contributed by atoms with E-state index in [4.69, 9.17) is 9.47 Å². The molecule has 6 nitrogen and oxygen atoms in total. The summed E-state index contributed by atoms with van der Waals surface area (Å²) < 4.78 is 10.8. The number of hydrogen-bond acceptors (Lipinski definition) is 5. The van der Waals surface area contributed by atoms with Crippen molar-refractivity contribution in [2.75, 3.05) is 25.1 Å². The molecule has 21 heavy (non-hydrogen) atoms. The Labute approximate surface area is 124 Å². The monoisotopic (exact) mass is 294 g/mol. The van der Waals surface area contributed by atoms with Gasteiger partial charge in [-0.15, -0.1) is 0 Å². The molecule has 6 heteroatoms. The molecule has 1 atom stereocenters. The van der Waals surface area contributed by atoms with Crippen LogP contribution in [0.25, 0.3) is 0 Å². The van der Waals surface area contributed by atoms with Crippen LogP contribution in [0.1, 0.15) is 26.7 Å². The van der Waals surface area contributed by atoms with Crippen molar-refractivity contribution >= 4 is 11.4 Å². The van der Waals surface area contributed by atoms with Crippen LogP contribution >= 0.6 is 0 Å². The van der Waals surface area contributed by atoms with Crippen molar-refractivity contribution in [3.8, 4) is 5.75 Å². The van der Waals surface area contributed by atoms with E-state index in [2.05, 4.69) is 12.2 Å². The summed E-state index contributed by atoms with van der Waals surface area (Å²) in [5.41, 5.74) is 0.772. The lowest BCUT2D eigenvalue weighted by Crippen LogP contribution is -2.30. The third-order valence-corrected chi connectivity index (χ3v) is 3.78. The smallest absolute Gasteiger partial charge is 0.275 e. The van der Waals surface area contributed by atoms with Gasteiger partial charge in [0.15, 0.2) is 0 Å². The van der Waals surface area contributed by atoms with E-state index in [1.807, 2.05) is 13.0 Å². The van der Waals surface area contributed by atoms with Crippen molar-refractivity contribution in [1.29, 1.82) is 0 Å². The van der Waals surface area contributed by atoms with Crippen LogP contribution in [-0.2, 0) is 4.74 Å². The second kappa shape index (κ2) is 7.26. The van der Waals surface area contributed by atoms with E-state index >= 15 is 0 Å². The van der Waals surface area contributed by atoms with Crippen LogP contribution in [0.15, 0.2) is 18.2 Å². The SMILES string of the molecule is CCOc1cc(NC(C)C2CCOCC2)cc([N+](=O)[O-])c1. The lowest BCUT2D eigenvalue weighted by Gasteiger charge is -2.29. The van der Waals surface area contributed by atoms with Crippen molar-refractivity contribution in [3.63, 3.8) is 0 Å². The minimum atomic E-state index is -0.396. The molecule has 1 aromatic carbocycles. The van der Waals surface area contributed by atoms with E-state index in [0.717, 1.165) is 31.7 Å². The first-order valence-corrected chi connectivity index (χ1v) is 7.36. The molecule has 1 fully saturated rings. The Kier molecular flexibility index (Phi) is 5.38. The number of hydrogen-bond donors (Lipinski definition) is 1. The molecule has 0 radical (unpaired) electrons. The van der Waals surface area contributed by atoms with Gasteiger partial charge in [-0.3, -0.25) is 10.1 Å². The maximum atomic E-state index is 11.0. The van der Waals surface area contributed by atoms with E-state index < -0.39 is 4.92 Å². The van der Waals surface area contributed by atoms with E-state index in [0.29, 0.717) is 18.3 Å². The standard InChI is InChI=1S/C15H22N2O4/c1-3-21-15-9-13(8-14(10-15)17(18)19)16-11(2)12-4-6-20-7-5-12/h8-12,16H,3-7H2,1-2H3. The van der Waals surface area contributed by atoms with Gasteiger partial charge in [-0.1, -0.05) is 0 Å². The van der Waals surface area contributed by atoms with Gasteiger partial charge in [0.1, 0.15) is 5.75 Å². The minimum Gasteiger partial charge on any atom is -0.494 e. The number of nitro benzene ring substituents is 1. The Morgan fingerprint density at radius 1 is 1.43 bits per heavy atom. The molecular weight excluding hydrogens is 272 g/mol. The molecule has 1 unspecified atom stereocenters. The molecule has 0 bridgehead atoms. The van der Waals surface area contributed by atoms with E-state index in [9.17, 15) is 10.1 Å². The molecule has 0 aliphatic carbocycles. The number of non-ortho nitro benzene ring substituents is 1. The molecule has 1 aromatic rings. The topological polar surface area (TPSA) is 73.6 Å². The lowest BCUT2D eigenvalue weighted by atomic mass is 9.93. The van der Waals surface area contributed by atoms with Crippen molar-refractivity contribution in [3.05, 3.63) is 28.3 Å². The molecule has 0 amide bonds. The zero-order valence-corrected chi connectivity index (χ0v) is 12.5. The van der Waals surface area contributed by atoms with Crippen molar-refractivity contribution in [1.82, 2.24) is 0 Å². The fraction of sp³-hybridized carbons (Fsp3) is 0.600. The number of nitrogens with one attached hydrogen (secondary N) is 1. The number of anilines is 1. The first-order chi connectivity index (χ1) is 10.1. The summed E-state index contributed by atoms with van der Waals surface area (Å²) in [7, 11) is 0. The van der Waals surface area contributed by atoms with Crippen LogP contribution < -0.4 is 10.1 Å². The largest absolute Gasteiger partial charge is 0.494 e. The second-order valence-electron chi connectivity index (χ2n) is 5.29. The summed E-state index contributed by atoms with van der Waals surface area (Å²) in [4.78, 5) is 10.6. The summed E-state index contributed by atoms with van der Waals surface area (Å²) in [5.74, 6) is 1.04. The number of benzene rings is 1. The number of nitro groups is 1. The van der Waals surface area contributed by atoms with Crippen molar-refractivity contribution in [2.24, 2.45) is 5.92 Å². The minimum absolute atomic E-state index is 0.0441. The molecule has 1 saturated heterocycles. The molecule has 1 N–H and O–H groups in total. The summed E-state index contributed by atoms with van der Waals surface area (Å²) in [5, 5.41) is 14.4. The normalized spacial score (nSPS) is 17.2. The molecule has 0 spiro atoms. The van der Waals surface area contributed by atoms with Gasteiger partial charge in [-0.2, -0.15) is 0 Å². The molecule has 0 saturated carbocycles. The first kappa shape index (κ1) is 15.6. The highest BCUT2D eigenvalue weighted by Crippen LogP contribution is 2.28. The summed E-state index contributed by atoms with van der Waals surface area (Å²) >= 11 is 0. The zero-order chi connectivity index (χ0) is 15.2. The Morgan fingerprint density at radius 2 is 2.14 bits per heavy atom. The number of nitrogens with zero attached hydrogens (tertiary/aromatic N) is 1. The summed E-state index contributed by atoms with van der Waals surface area (Å²) in [6.45, 7) is 6.02. The maximum Gasteiger partial charge on any atom is 0.275 e. The van der Waals surface area contributed by atoms with E-state index in [1.165, 1.54) is 6.07 Å². The van der Waals surface area contributed by atoms with Crippen LogP contribution in [0.3, 0.4) is 0 Å². The summed E-state index contributed by atoms with van der Waals surface area (Å²) in [6.07, 6.45) is 2.03. The molecule has 0 aromatic heterocycles. The molecular formula is C15H22N2O4. The van der Waals surface area contributed by atoms with Crippen LogP contribution in [0.2, 0.25) is 0 Å². The second-order valence-corrected chi connectivity index (χ2v) is 5.29. The third-order valence-electron chi connectivity index (χ3n) is 3.78.